The van der Waals surface area contributed by atoms with Crippen molar-refractivity contribution < 1.29 is 13.9 Å². The van der Waals surface area contributed by atoms with Crippen LogP contribution in [-0.2, 0) is 4.74 Å². The van der Waals surface area contributed by atoms with E-state index in [2.05, 4.69) is 0 Å². The standard InChI is InChI=1S/C17H25FN2O2/c1-11-5-6-12(9-14(11)18)15(19)13-7-8-20(10-13)16(21)22-17(2,3)4/h5-6,9,13,15H,7-8,10,19H2,1-4H3. The predicted octanol–water partition coefficient (Wildman–Crippen LogP) is 3.39. The fourth-order valence-electron chi connectivity index (χ4n) is 2.66. The first-order valence-electron chi connectivity index (χ1n) is 7.67. The highest BCUT2D eigenvalue weighted by molar-refractivity contribution is 5.68. The minimum absolute atomic E-state index is 0.120. The van der Waals surface area contributed by atoms with Gasteiger partial charge in [-0.3, -0.25) is 0 Å². The number of hydrogen-bond acceptors (Lipinski definition) is 3. The molecule has 1 saturated heterocycles. The number of nitrogens with two attached hydrogens (primary N) is 1. The lowest BCUT2D eigenvalue weighted by atomic mass is 9.92. The number of hydrogen-bond donors (Lipinski definition) is 1. The third-order valence-electron chi connectivity index (χ3n) is 3.97. The number of halogens is 1. The SMILES string of the molecule is Cc1ccc(C(N)C2CCN(C(=O)OC(C)(C)C)C2)cc1F. The lowest BCUT2D eigenvalue weighted by Crippen LogP contribution is -2.36. The first-order valence-corrected chi connectivity index (χ1v) is 7.67. The number of rotatable bonds is 2. The summed E-state index contributed by atoms with van der Waals surface area (Å²) in [6.45, 7) is 8.44. The van der Waals surface area contributed by atoms with Crippen molar-refractivity contribution in [2.45, 2.75) is 45.8 Å². The van der Waals surface area contributed by atoms with E-state index in [-0.39, 0.29) is 23.9 Å². The molecule has 0 spiro atoms. The summed E-state index contributed by atoms with van der Waals surface area (Å²) in [7, 11) is 0. The summed E-state index contributed by atoms with van der Waals surface area (Å²) in [5, 5.41) is 0. The molecule has 1 heterocycles. The van der Waals surface area contributed by atoms with Gasteiger partial charge in [-0.15, -0.1) is 0 Å². The topological polar surface area (TPSA) is 55.6 Å². The maximum atomic E-state index is 13.7. The maximum absolute atomic E-state index is 13.7. The van der Waals surface area contributed by atoms with Crippen molar-refractivity contribution in [3.05, 3.63) is 35.1 Å². The summed E-state index contributed by atoms with van der Waals surface area (Å²) < 4.78 is 19.1. The van der Waals surface area contributed by atoms with Gasteiger partial charge in [-0.05, 0) is 57.2 Å². The molecular formula is C17H25FN2O2. The van der Waals surface area contributed by atoms with Crippen molar-refractivity contribution in [1.29, 1.82) is 0 Å². The number of carbonyl (C=O) groups excluding carboxylic acids is 1. The molecule has 0 aliphatic carbocycles. The normalized spacial score (nSPS) is 20.1. The molecule has 0 radical (unpaired) electrons. The van der Waals surface area contributed by atoms with Crippen molar-refractivity contribution in [3.63, 3.8) is 0 Å². The Morgan fingerprint density at radius 1 is 1.45 bits per heavy atom. The highest BCUT2D eigenvalue weighted by Gasteiger charge is 2.33. The molecule has 2 atom stereocenters. The molecular weight excluding hydrogens is 283 g/mol. The van der Waals surface area contributed by atoms with Crippen molar-refractivity contribution >= 4 is 6.09 Å². The minimum atomic E-state index is -0.503. The van der Waals surface area contributed by atoms with E-state index in [0.29, 0.717) is 18.7 Å². The molecule has 1 amide bonds. The van der Waals surface area contributed by atoms with Crippen LogP contribution in [0.2, 0.25) is 0 Å². The zero-order chi connectivity index (χ0) is 16.5. The van der Waals surface area contributed by atoms with Crippen LogP contribution in [0, 0.1) is 18.7 Å². The van der Waals surface area contributed by atoms with Gasteiger partial charge in [0, 0.05) is 19.1 Å². The van der Waals surface area contributed by atoms with E-state index in [1.807, 2.05) is 26.8 Å². The van der Waals surface area contributed by atoms with Gasteiger partial charge < -0.3 is 15.4 Å². The first-order chi connectivity index (χ1) is 10.2. The van der Waals surface area contributed by atoms with Crippen LogP contribution in [0.15, 0.2) is 18.2 Å². The van der Waals surface area contributed by atoms with Gasteiger partial charge in [0.05, 0.1) is 0 Å². The van der Waals surface area contributed by atoms with E-state index >= 15 is 0 Å². The number of nitrogens with zero attached hydrogens (tertiary/aromatic N) is 1. The van der Waals surface area contributed by atoms with Crippen LogP contribution in [0.1, 0.15) is 44.4 Å². The highest BCUT2D eigenvalue weighted by Crippen LogP contribution is 2.29. The summed E-state index contributed by atoms with van der Waals surface area (Å²) in [6, 6.07) is 4.82. The lowest BCUT2D eigenvalue weighted by molar-refractivity contribution is 0.0286. The quantitative estimate of drug-likeness (QED) is 0.911. The summed E-state index contributed by atoms with van der Waals surface area (Å²) in [5.41, 5.74) is 7.15. The molecule has 1 aromatic rings. The second-order valence-electron chi connectivity index (χ2n) is 7.01. The fraction of sp³-hybridized carbons (Fsp3) is 0.588. The number of benzene rings is 1. The van der Waals surface area contributed by atoms with E-state index in [9.17, 15) is 9.18 Å². The molecule has 0 aromatic heterocycles. The largest absolute Gasteiger partial charge is 0.444 e. The van der Waals surface area contributed by atoms with Crippen molar-refractivity contribution in [2.75, 3.05) is 13.1 Å². The van der Waals surface area contributed by atoms with Crippen LogP contribution in [-0.4, -0.2) is 29.7 Å². The second-order valence-corrected chi connectivity index (χ2v) is 7.01. The van der Waals surface area contributed by atoms with Crippen LogP contribution in [0.3, 0.4) is 0 Å². The van der Waals surface area contributed by atoms with Gasteiger partial charge in [0.1, 0.15) is 11.4 Å². The Labute approximate surface area is 131 Å². The van der Waals surface area contributed by atoms with Gasteiger partial charge in [-0.25, -0.2) is 9.18 Å². The Hall–Kier alpha value is -1.62. The van der Waals surface area contributed by atoms with E-state index in [4.69, 9.17) is 10.5 Å². The number of likely N-dealkylation sites (tertiary alicyclic amines) is 1. The van der Waals surface area contributed by atoms with Crippen LogP contribution < -0.4 is 5.73 Å². The van der Waals surface area contributed by atoms with Gasteiger partial charge in [0.15, 0.2) is 0 Å². The van der Waals surface area contributed by atoms with Gasteiger partial charge in [-0.2, -0.15) is 0 Å². The zero-order valence-electron chi connectivity index (χ0n) is 13.7. The molecule has 1 fully saturated rings. The molecule has 2 N–H and O–H groups in total. The summed E-state index contributed by atoms with van der Waals surface area (Å²) in [4.78, 5) is 13.7. The number of aryl methyl sites for hydroxylation is 1. The lowest BCUT2D eigenvalue weighted by Gasteiger charge is -2.25. The van der Waals surface area contributed by atoms with Crippen LogP contribution in [0.5, 0.6) is 0 Å². The molecule has 0 bridgehead atoms. The molecule has 0 saturated carbocycles. The number of ether oxygens (including phenoxy) is 1. The predicted molar refractivity (Wildman–Crippen MR) is 84.0 cm³/mol. The Kier molecular flexibility index (Phi) is 4.75. The Morgan fingerprint density at radius 3 is 2.73 bits per heavy atom. The summed E-state index contributed by atoms with van der Waals surface area (Å²) in [6.07, 6.45) is 0.493. The monoisotopic (exact) mass is 308 g/mol. The number of carbonyl (C=O) groups is 1. The van der Waals surface area contributed by atoms with Gasteiger partial charge in [0.25, 0.3) is 0 Å². The minimum Gasteiger partial charge on any atom is -0.444 e. The average molecular weight is 308 g/mol. The van der Waals surface area contributed by atoms with Crippen LogP contribution in [0.4, 0.5) is 9.18 Å². The average Bonchev–Trinajstić information content (AvgIpc) is 2.89. The third kappa shape index (κ3) is 3.97. The smallest absolute Gasteiger partial charge is 0.410 e. The van der Waals surface area contributed by atoms with E-state index in [0.717, 1.165) is 12.0 Å². The first kappa shape index (κ1) is 16.7. The molecule has 1 aromatic carbocycles. The summed E-state index contributed by atoms with van der Waals surface area (Å²) in [5.74, 6) is -0.121. The fourth-order valence-corrected chi connectivity index (χ4v) is 2.66. The Bertz CT molecular complexity index is 554. The van der Waals surface area contributed by atoms with Crippen LogP contribution in [0.25, 0.3) is 0 Å². The van der Waals surface area contributed by atoms with Crippen molar-refractivity contribution in [2.24, 2.45) is 11.7 Å². The van der Waals surface area contributed by atoms with Gasteiger partial charge in [-0.1, -0.05) is 12.1 Å². The van der Waals surface area contributed by atoms with Gasteiger partial charge in [0.2, 0.25) is 0 Å². The second kappa shape index (κ2) is 6.24. The molecule has 4 nitrogen and oxygen atoms in total. The van der Waals surface area contributed by atoms with Crippen molar-refractivity contribution in [3.8, 4) is 0 Å². The van der Waals surface area contributed by atoms with E-state index in [1.54, 1.807) is 17.9 Å². The summed E-state index contributed by atoms with van der Waals surface area (Å²) >= 11 is 0. The molecule has 2 rings (SSSR count). The molecule has 1 aliphatic rings. The molecule has 1 aliphatic heterocycles. The molecule has 122 valence electrons. The van der Waals surface area contributed by atoms with Gasteiger partial charge >= 0.3 is 6.09 Å². The zero-order valence-corrected chi connectivity index (χ0v) is 13.7. The Balaban J connectivity index is 2.00. The highest BCUT2D eigenvalue weighted by atomic mass is 19.1. The number of amides is 1. The Morgan fingerprint density at radius 2 is 2.14 bits per heavy atom. The van der Waals surface area contributed by atoms with E-state index in [1.165, 1.54) is 6.07 Å². The van der Waals surface area contributed by atoms with Crippen LogP contribution >= 0.6 is 0 Å². The maximum Gasteiger partial charge on any atom is 0.410 e. The molecule has 2 unspecified atom stereocenters. The third-order valence-corrected chi connectivity index (χ3v) is 3.97. The van der Waals surface area contributed by atoms with Crippen molar-refractivity contribution in [1.82, 2.24) is 4.90 Å². The van der Waals surface area contributed by atoms with E-state index < -0.39 is 5.60 Å². The molecule has 5 heteroatoms. The molecule has 22 heavy (non-hydrogen) atoms.